The molecule has 0 spiro atoms. The van der Waals surface area contributed by atoms with Crippen molar-refractivity contribution >= 4 is 5.91 Å². The molecule has 2 N–H and O–H groups in total. The third-order valence-corrected chi connectivity index (χ3v) is 4.76. The zero-order valence-electron chi connectivity index (χ0n) is 13.0. The maximum atomic E-state index is 13.6. The number of benzene rings is 1. The van der Waals surface area contributed by atoms with Crippen molar-refractivity contribution in [1.29, 1.82) is 0 Å². The van der Waals surface area contributed by atoms with Gasteiger partial charge in [-0.05, 0) is 31.4 Å². The molecule has 2 atom stereocenters. The molecule has 2 unspecified atom stereocenters. The van der Waals surface area contributed by atoms with Crippen LogP contribution in [0.5, 0.6) is 5.75 Å². The lowest BCUT2D eigenvalue weighted by Crippen LogP contribution is -2.44. The molecule has 4 nitrogen and oxygen atoms in total. The van der Waals surface area contributed by atoms with Gasteiger partial charge in [0, 0.05) is 44.0 Å². The fraction of sp³-hybridized carbons (Fsp3) is 0.588. The van der Waals surface area contributed by atoms with E-state index in [1.54, 1.807) is 0 Å². The minimum Gasteiger partial charge on any atom is -0.487 e. The standard InChI is InChI=1S/C17H22F2N2O2/c18-12-2-4-16(15(19)10-12)23-14-5-7-21(8-6-14)17(22)11-1-3-13(20)9-11/h2,4,10-11,13-14H,1,3,5-9,20H2. The molecule has 6 heteroatoms. The zero-order valence-corrected chi connectivity index (χ0v) is 13.0. The molecule has 1 aliphatic heterocycles. The molecule has 2 aliphatic rings. The Morgan fingerprint density at radius 1 is 1.17 bits per heavy atom. The summed E-state index contributed by atoms with van der Waals surface area (Å²) in [6.45, 7) is 1.22. The number of carbonyl (C=O) groups excluding carboxylic acids is 1. The second kappa shape index (κ2) is 6.83. The van der Waals surface area contributed by atoms with E-state index in [2.05, 4.69) is 0 Å². The number of ether oxygens (including phenoxy) is 1. The van der Waals surface area contributed by atoms with Gasteiger partial charge < -0.3 is 15.4 Å². The average molecular weight is 324 g/mol. The first-order valence-corrected chi connectivity index (χ1v) is 8.19. The Bertz CT molecular complexity index is 574. The Balaban J connectivity index is 1.51. The van der Waals surface area contributed by atoms with Gasteiger partial charge in [-0.3, -0.25) is 4.79 Å². The molecular weight excluding hydrogens is 302 g/mol. The molecule has 2 fully saturated rings. The van der Waals surface area contributed by atoms with Crippen molar-refractivity contribution in [2.75, 3.05) is 13.1 Å². The predicted octanol–water partition coefficient (Wildman–Crippen LogP) is 2.46. The van der Waals surface area contributed by atoms with Crippen molar-refractivity contribution in [2.45, 2.75) is 44.2 Å². The number of likely N-dealkylation sites (tertiary alicyclic amines) is 1. The summed E-state index contributed by atoms with van der Waals surface area (Å²) in [5.41, 5.74) is 5.87. The van der Waals surface area contributed by atoms with Crippen molar-refractivity contribution in [2.24, 2.45) is 11.7 Å². The molecule has 23 heavy (non-hydrogen) atoms. The second-order valence-electron chi connectivity index (χ2n) is 6.49. The number of amides is 1. The number of nitrogens with zero attached hydrogens (tertiary/aromatic N) is 1. The van der Waals surface area contributed by atoms with Crippen molar-refractivity contribution in [1.82, 2.24) is 4.90 Å². The molecule has 1 aromatic carbocycles. The second-order valence-corrected chi connectivity index (χ2v) is 6.49. The predicted molar refractivity (Wildman–Crippen MR) is 81.9 cm³/mol. The number of hydrogen-bond donors (Lipinski definition) is 1. The van der Waals surface area contributed by atoms with E-state index >= 15 is 0 Å². The summed E-state index contributed by atoms with van der Waals surface area (Å²) in [6.07, 6.45) is 3.72. The lowest BCUT2D eigenvalue weighted by atomic mass is 10.0. The fourth-order valence-electron chi connectivity index (χ4n) is 3.44. The van der Waals surface area contributed by atoms with Gasteiger partial charge in [0.1, 0.15) is 11.9 Å². The maximum Gasteiger partial charge on any atom is 0.225 e. The van der Waals surface area contributed by atoms with Gasteiger partial charge in [0.05, 0.1) is 0 Å². The summed E-state index contributed by atoms with van der Waals surface area (Å²) in [7, 11) is 0. The van der Waals surface area contributed by atoms with Crippen LogP contribution in [0.4, 0.5) is 8.78 Å². The number of carbonyl (C=O) groups is 1. The molecule has 3 rings (SSSR count). The van der Waals surface area contributed by atoms with E-state index in [0.717, 1.165) is 25.3 Å². The maximum absolute atomic E-state index is 13.6. The van der Waals surface area contributed by atoms with Gasteiger partial charge in [-0.2, -0.15) is 0 Å². The summed E-state index contributed by atoms with van der Waals surface area (Å²) in [5.74, 6) is -1.01. The van der Waals surface area contributed by atoms with Gasteiger partial charge >= 0.3 is 0 Å². The molecule has 0 radical (unpaired) electrons. The van der Waals surface area contributed by atoms with Crippen LogP contribution < -0.4 is 10.5 Å². The molecule has 1 saturated heterocycles. The van der Waals surface area contributed by atoms with Crippen molar-refractivity contribution in [3.8, 4) is 5.75 Å². The molecule has 1 aliphatic carbocycles. The number of rotatable bonds is 3. The van der Waals surface area contributed by atoms with Gasteiger partial charge in [0.15, 0.2) is 11.6 Å². The number of nitrogens with two attached hydrogens (primary N) is 1. The number of halogens is 2. The summed E-state index contributed by atoms with van der Waals surface area (Å²) < 4.78 is 32.1. The molecule has 1 aromatic rings. The van der Waals surface area contributed by atoms with E-state index in [-0.39, 0.29) is 29.7 Å². The largest absolute Gasteiger partial charge is 0.487 e. The Labute approximate surface area is 134 Å². The highest BCUT2D eigenvalue weighted by Gasteiger charge is 2.33. The van der Waals surface area contributed by atoms with Crippen molar-refractivity contribution in [3.63, 3.8) is 0 Å². The topological polar surface area (TPSA) is 55.6 Å². The molecule has 0 aromatic heterocycles. The van der Waals surface area contributed by atoms with Crippen LogP contribution in [0.3, 0.4) is 0 Å². The Kier molecular flexibility index (Phi) is 4.80. The summed E-state index contributed by atoms with van der Waals surface area (Å²) in [6, 6.07) is 3.45. The van der Waals surface area contributed by atoms with Crippen LogP contribution in [0, 0.1) is 17.6 Å². The molecule has 1 heterocycles. The van der Waals surface area contributed by atoms with Crippen molar-refractivity contribution in [3.05, 3.63) is 29.8 Å². The minimum atomic E-state index is -0.691. The first-order valence-electron chi connectivity index (χ1n) is 8.19. The lowest BCUT2D eigenvalue weighted by molar-refractivity contribution is -0.137. The van der Waals surface area contributed by atoms with Crippen LogP contribution in [0.1, 0.15) is 32.1 Å². The van der Waals surface area contributed by atoms with E-state index in [1.165, 1.54) is 12.1 Å². The van der Waals surface area contributed by atoms with Crippen LogP contribution in [-0.4, -0.2) is 36.0 Å². The lowest BCUT2D eigenvalue weighted by Gasteiger charge is -2.33. The van der Waals surface area contributed by atoms with E-state index in [4.69, 9.17) is 10.5 Å². The molecule has 0 bridgehead atoms. The average Bonchev–Trinajstić information content (AvgIpc) is 2.97. The highest BCUT2D eigenvalue weighted by Crippen LogP contribution is 2.28. The van der Waals surface area contributed by atoms with Gasteiger partial charge in [-0.15, -0.1) is 0 Å². The van der Waals surface area contributed by atoms with E-state index < -0.39 is 11.6 Å². The monoisotopic (exact) mass is 324 g/mol. The van der Waals surface area contributed by atoms with Gasteiger partial charge in [0.25, 0.3) is 0 Å². The van der Waals surface area contributed by atoms with E-state index in [0.29, 0.717) is 25.9 Å². The highest BCUT2D eigenvalue weighted by molar-refractivity contribution is 5.79. The SMILES string of the molecule is NC1CCC(C(=O)N2CCC(Oc3ccc(F)cc3F)CC2)C1. The zero-order chi connectivity index (χ0) is 16.4. The Morgan fingerprint density at radius 2 is 1.91 bits per heavy atom. The third-order valence-electron chi connectivity index (χ3n) is 4.76. The van der Waals surface area contributed by atoms with Gasteiger partial charge in [-0.1, -0.05) is 0 Å². The molecular formula is C17H22F2N2O2. The number of hydrogen-bond acceptors (Lipinski definition) is 3. The molecule has 126 valence electrons. The quantitative estimate of drug-likeness (QED) is 0.929. The Morgan fingerprint density at radius 3 is 2.52 bits per heavy atom. The van der Waals surface area contributed by atoms with E-state index in [1.807, 2.05) is 4.90 Å². The molecule has 1 amide bonds. The first kappa shape index (κ1) is 16.2. The van der Waals surface area contributed by atoms with Crippen LogP contribution in [-0.2, 0) is 4.79 Å². The van der Waals surface area contributed by atoms with Gasteiger partial charge in [0.2, 0.25) is 5.91 Å². The highest BCUT2D eigenvalue weighted by atomic mass is 19.1. The van der Waals surface area contributed by atoms with Crippen LogP contribution in [0.25, 0.3) is 0 Å². The minimum absolute atomic E-state index is 0.0528. The summed E-state index contributed by atoms with van der Waals surface area (Å²) >= 11 is 0. The summed E-state index contributed by atoms with van der Waals surface area (Å²) in [5, 5.41) is 0. The first-order chi connectivity index (χ1) is 11.0. The number of piperidine rings is 1. The van der Waals surface area contributed by atoms with Crippen molar-refractivity contribution < 1.29 is 18.3 Å². The van der Waals surface area contributed by atoms with Crippen LogP contribution in [0.2, 0.25) is 0 Å². The van der Waals surface area contributed by atoms with Gasteiger partial charge in [-0.25, -0.2) is 8.78 Å². The third kappa shape index (κ3) is 3.80. The fourth-order valence-corrected chi connectivity index (χ4v) is 3.44. The van der Waals surface area contributed by atoms with Crippen LogP contribution in [0.15, 0.2) is 18.2 Å². The van der Waals surface area contributed by atoms with E-state index in [9.17, 15) is 13.6 Å². The molecule has 1 saturated carbocycles. The normalized spacial score (nSPS) is 25.6. The summed E-state index contributed by atoms with van der Waals surface area (Å²) in [4.78, 5) is 14.3. The Hall–Kier alpha value is -1.69. The smallest absolute Gasteiger partial charge is 0.225 e. The van der Waals surface area contributed by atoms with Crippen LogP contribution >= 0.6 is 0 Å².